The lowest BCUT2D eigenvalue weighted by molar-refractivity contribution is 0.0948. The minimum atomic E-state index is -0.232. The van der Waals surface area contributed by atoms with Crippen molar-refractivity contribution < 1.29 is 9.53 Å². The molecule has 0 aliphatic carbocycles. The SMILES string of the molecule is C#CCOc1ccc(CCNC(=O)c2nnn(-c3ccc(C)cc3)c2C)cc1. The standard InChI is InChI=1S/C22H22N4O2/c1-4-15-28-20-11-7-18(8-12-20)13-14-23-22(27)21-17(3)26(25-24-21)19-9-5-16(2)6-10-19/h1,5-12H,13-15H2,2-3H3,(H,23,27). The number of rotatable bonds is 7. The summed E-state index contributed by atoms with van der Waals surface area (Å²) in [5.41, 5.74) is 4.17. The van der Waals surface area contributed by atoms with E-state index in [4.69, 9.17) is 11.2 Å². The van der Waals surface area contributed by atoms with Crippen LogP contribution in [0.15, 0.2) is 48.5 Å². The summed E-state index contributed by atoms with van der Waals surface area (Å²) in [6, 6.07) is 15.6. The second-order valence-corrected chi connectivity index (χ2v) is 6.41. The van der Waals surface area contributed by atoms with Crippen LogP contribution >= 0.6 is 0 Å². The Labute approximate surface area is 164 Å². The van der Waals surface area contributed by atoms with E-state index < -0.39 is 0 Å². The van der Waals surface area contributed by atoms with Gasteiger partial charge in [-0.15, -0.1) is 11.5 Å². The normalized spacial score (nSPS) is 10.3. The second kappa shape index (κ2) is 8.87. The molecular formula is C22H22N4O2. The van der Waals surface area contributed by atoms with Crippen molar-refractivity contribution >= 4 is 5.91 Å². The average Bonchev–Trinajstić information content (AvgIpc) is 3.09. The summed E-state index contributed by atoms with van der Waals surface area (Å²) < 4.78 is 7.02. The molecule has 1 N–H and O–H groups in total. The number of nitrogens with one attached hydrogen (secondary N) is 1. The van der Waals surface area contributed by atoms with Gasteiger partial charge in [-0.1, -0.05) is 41.0 Å². The summed E-state index contributed by atoms with van der Waals surface area (Å²) in [5.74, 6) is 2.93. The third-order valence-corrected chi connectivity index (χ3v) is 4.33. The minimum absolute atomic E-state index is 0.232. The van der Waals surface area contributed by atoms with Gasteiger partial charge in [0.1, 0.15) is 12.4 Å². The molecule has 0 aliphatic rings. The van der Waals surface area contributed by atoms with Gasteiger partial charge >= 0.3 is 0 Å². The van der Waals surface area contributed by atoms with Gasteiger partial charge in [0, 0.05) is 6.54 Å². The quantitative estimate of drug-likeness (QED) is 0.646. The van der Waals surface area contributed by atoms with Crippen molar-refractivity contribution in [3.8, 4) is 23.8 Å². The Kier molecular flexibility index (Phi) is 6.07. The Balaban J connectivity index is 1.57. The number of aryl methyl sites for hydroxylation is 1. The summed E-state index contributed by atoms with van der Waals surface area (Å²) in [7, 11) is 0. The van der Waals surface area contributed by atoms with E-state index in [-0.39, 0.29) is 12.5 Å². The summed E-state index contributed by atoms with van der Waals surface area (Å²) in [6.45, 7) is 4.61. The van der Waals surface area contributed by atoms with Crippen molar-refractivity contribution in [3.63, 3.8) is 0 Å². The Morgan fingerprint density at radius 3 is 2.54 bits per heavy atom. The van der Waals surface area contributed by atoms with Gasteiger partial charge < -0.3 is 10.1 Å². The zero-order valence-corrected chi connectivity index (χ0v) is 16.0. The number of carbonyl (C=O) groups is 1. The maximum absolute atomic E-state index is 12.5. The van der Waals surface area contributed by atoms with Crippen LogP contribution in [0.3, 0.4) is 0 Å². The molecule has 6 nitrogen and oxygen atoms in total. The monoisotopic (exact) mass is 374 g/mol. The van der Waals surface area contributed by atoms with E-state index in [1.165, 1.54) is 0 Å². The maximum Gasteiger partial charge on any atom is 0.273 e. The average molecular weight is 374 g/mol. The minimum Gasteiger partial charge on any atom is -0.481 e. The van der Waals surface area contributed by atoms with Crippen LogP contribution < -0.4 is 10.1 Å². The largest absolute Gasteiger partial charge is 0.481 e. The summed E-state index contributed by atoms with van der Waals surface area (Å²) in [4.78, 5) is 12.5. The first-order valence-corrected chi connectivity index (χ1v) is 9.01. The molecule has 0 spiro atoms. The van der Waals surface area contributed by atoms with Crippen molar-refractivity contribution in [2.24, 2.45) is 0 Å². The van der Waals surface area contributed by atoms with E-state index in [0.29, 0.717) is 24.4 Å². The predicted octanol–water partition coefficient (Wildman–Crippen LogP) is 2.87. The fourth-order valence-electron chi connectivity index (χ4n) is 2.75. The smallest absolute Gasteiger partial charge is 0.273 e. The van der Waals surface area contributed by atoms with E-state index in [1.807, 2.05) is 62.4 Å². The highest BCUT2D eigenvalue weighted by atomic mass is 16.5. The molecule has 6 heteroatoms. The molecule has 3 rings (SSSR count). The third kappa shape index (κ3) is 4.57. The van der Waals surface area contributed by atoms with Gasteiger partial charge in [-0.2, -0.15) is 0 Å². The van der Waals surface area contributed by atoms with Crippen molar-refractivity contribution in [1.29, 1.82) is 0 Å². The first-order chi connectivity index (χ1) is 13.6. The van der Waals surface area contributed by atoms with E-state index >= 15 is 0 Å². The molecule has 3 aromatic rings. The molecule has 0 unspecified atom stereocenters. The number of terminal acetylenes is 1. The number of carbonyl (C=O) groups excluding carboxylic acids is 1. The topological polar surface area (TPSA) is 69.0 Å². The second-order valence-electron chi connectivity index (χ2n) is 6.41. The van der Waals surface area contributed by atoms with Crippen LogP contribution in [-0.2, 0) is 6.42 Å². The molecule has 28 heavy (non-hydrogen) atoms. The molecule has 1 amide bonds. The number of aromatic nitrogens is 3. The lowest BCUT2D eigenvalue weighted by atomic mass is 10.1. The Morgan fingerprint density at radius 1 is 1.14 bits per heavy atom. The molecule has 1 heterocycles. The summed E-state index contributed by atoms with van der Waals surface area (Å²) in [6.07, 6.45) is 5.87. The van der Waals surface area contributed by atoms with Crippen molar-refractivity contribution in [3.05, 3.63) is 71.0 Å². The van der Waals surface area contributed by atoms with E-state index in [2.05, 4.69) is 21.5 Å². The number of hydrogen-bond acceptors (Lipinski definition) is 4. The predicted molar refractivity (Wildman–Crippen MR) is 108 cm³/mol. The van der Waals surface area contributed by atoms with Gasteiger partial charge in [-0.3, -0.25) is 4.79 Å². The number of hydrogen-bond donors (Lipinski definition) is 1. The number of benzene rings is 2. The maximum atomic E-state index is 12.5. The molecule has 0 saturated heterocycles. The first kappa shape index (κ1) is 19.2. The third-order valence-electron chi connectivity index (χ3n) is 4.33. The van der Waals surface area contributed by atoms with Crippen LogP contribution in [0.1, 0.15) is 27.3 Å². The molecule has 142 valence electrons. The van der Waals surface area contributed by atoms with E-state index in [1.54, 1.807) is 4.68 Å². The Bertz CT molecular complexity index is 983. The molecule has 2 aromatic carbocycles. The van der Waals surface area contributed by atoms with Crippen molar-refractivity contribution in [1.82, 2.24) is 20.3 Å². The van der Waals surface area contributed by atoms with Crippen molar-refractivity contribution in [2.45, 2.75) is 20.3 Å². The zero-order valence-electron chi connectivity index (χ0n) is 16.0. The van der Waals surface area contributed by atoms with Crippen molar-refractivity contribution in [2.75, 3.05) is 13.2 Å². The van der Waals surface area contributed by atoms with Crippen LogP contribution in [0.5, 0.6) is 5.75 Å². The van der Waals surface area contributed by atoms with Crippen LogP contribution in [0.25, 0.3) is 5.69 Å². The van der Waals surface area contributed by atoms with Gasteiger partial charge in [0.2, 0.25) is 0 Å². The molecule has 0 aliphatic heterocycles. The first-order valence-electron chi connectivity index (χ1n) is 9.01. The number of amides is 1. The molecule has 0 fully saturated rings. The molecule has 1 aromatic heterocycles. The van der Waals surface area contributed by atoms with Crippen LogP contribution in [0, 0.1) is 26.2 Å². The van der Waals surface area contributed by atoms with E-state index in [9.17, 15) is 4.79 Å². The molecule has 0 atom stereocenters. The highest BCUT2D eigenvalue weighted by Gasteiger charge is 2.16. The number of ether oxygens (including phenoxy) is 1. The number of nitrogens with zero attached hydrogens (tertiary/aromatic N) is 3. The fraction of sp³-hybridized carbons (Fsp3) is 0.227. The fourth-order valence-corrected chi connectivity index (χ4v) is 2.75. The summed E-state index contributed by atoms with van der Waals surface area (Å²) in [5, 5.41) is 11.1. The van der Waals surface area contributed by atoms with Crippen LogP contribution in [0.2, 0.25) is 0 Å². The molecular weight excluding hydrogens is 352 g/mol. The lowest BCUT2D eigenvalue weighted by Crippen LogP contribution is -2.26. The van der Waals surface area contributed by atoms with Gasteiger partial charge in [0.15, 0.2) is 5.69 Å². The Hall–Kier alpha value is -3.59. The molecule has 0 bridgehead atoms. The lowest BCUT2D eigenvalue weighted by Gasteiger charge is -2.07. The van der Waals surface area contributed by atoms with Gasteiger partial charge in [-0.05, 0) is 50.1 Å². The van der Waals surface area contributed by atoms with Gasteiger partial charge in [0.05, 0.1) is 11.4 Å². The Morgan fingerprint density at radius 2 is 1.86 bits per heavy atom. The molecule has 0 saturated carbocycles. The summed E-state index contributed by atoms with van der Waals surface area (Å²) >= 11 is 0. The van der Waals surface area contributed by atoms with Crippen LogP contribution in [-0.4, -0.2) is 34.1 Å². The highest BCUT2D eigenvalue weighted by molar-refractivity contribution is 5.93. The highest BCUT2D eigenvalue weighted by Crippen LogP contribution is 2.14. The zero-order chi connectivity index (χ0) is 19.9. The van der Waals surface area contributed by atoms with Gasteiger partial charge in [0.25, 0.3) is 5.91 Å². The van der Waals surface area contributed by atoms with Crippen LogP contribution in [0.4, 0.5) is 0 Å². The van der Waals surface area contributed by atoms with E-state index in [0.717, 1.165) is 22.6 Å². The molecule has 0 radical (unpaired) electrons. The van der Waals surface area contributed by atoms with Gasteiger partial charge in [-0.25, -0.2) is 4.68 Å².